The maximum Gasteiger partial charge on any atom is 0.118 e. The molecule has 0 aromatic heterocycles. The van der Waals surface area contributed by atoms with Gasteiger partial charge in [-0.1, -0.05) is 12.1 Å². The topological polar surface area (TPSA) is 24.5 Å². The van der Waals surface area contributed by atoms with E-state index >= 15 is 0 Å². The second-order valence-electron chi connectivity index (χ2n) is 5.34. The van der Waals surface area contributed by atoms with E-state index in [2.05, 4.69) is 34.5 Å². The lowest BCUT2D eigenvalue weighted by molar-refractivity contribution is 0.156. The zero-order valence-electron chi connectivity index (χ0n) is 11.1. The molecule has 1 saturated heterocycles. The molecular formula is C15H22N2O. The van der Waals surface area contributed by atoms with Gasteiger partial charge in [0, 0.05) is 32.2 Å². The molecule has 3 nitrogen and oxygen atoms in total. The first kappa shape index (κ1) is 12.0. The lowest BCUT2D eigenvalue weighted by atomic mass is 9.99. The summed E-state index contributed by atoms with van der Waals surface area (Å²) in [6.07, 6.45) is 2.78. The van der Waals surface area contributed by atoms with Crippen LogP contribution in [0.2, 0.25) is 0 Å². The molecule has 1 aromatic rings. The fourth-order valence-corrected chi connectivity index (χ4v) is 2.95. The first-order chi connectivity index (χ1) is 8.88. The summed E-state index contributed by atoms with van der Waals surface area (Å²) < 4.78 is 5.25. The Morgan fingerprint density at radius 2 is 1.83 bits per heavy atom. The highest BCUT2D eigenvalue weighted by Gasteiger charge is 2.36. The van der Waals surface area contributed by atoms with Gasteiger partial charge in [0.1, 0.15) is 5.75 Å². The molecule has 1 heterocycles. The van der Waals surface area contributed by atoms with Crippen LogP contribution in [-0.4, -0.2) is 38.2 Å². The van der Waals surface area contributed by atoms with Crippen LogP contribution in [0.4, 0.5) is 0 Å². The van der Waals surface area contributed by atoms with Crippen molar-refractivity contribution in [3.8, 4) is 5.75 Å². The lowest BCUT2D eigenvalue weighted by Crippen LogP contribution is -2.45. The number of ether oxygens (including phenoxy) is 1. The van der Waals surface area contributed by atoms with Crippen molar-refractivity contribution in [3.63, 3.8) is 0 Å². The second kappa shape index (κ2) is 5.29. The van der Waals surface area contributed by atoms with Gasteiger partial charge >= 0.3 is 0 Å². The monoisotopic (exact) mass is 246 g/mol. The zero-order chi connectivity index (χ0) is 12.4. The van der Waals surface area contributed by atoms with Crippen molar-refractivity contribution in [2.45, 2.75) is 18.9 Å². The van der Waals surface area contributed by atoms with Crippen molar-refractivity contribution >= 4 is 0 Å². The number of methoxy groups -OCH3 is 1. The summed E-state index contributed by atoms with van der Waals surface area (Å²) in [5, 5.41) is 3.44. The number of nitrogens with one attached hydrogen (secondary N) is 1. The van der Waals surface area contributed by atoms with E-state index in [4.69, 9.17) is 4.74 Å². The Morgan fingerprint density at radius 1 is 1.17 bits per heavy atom. The van der Waals surface area contributed by atoms with Crippen LogP contribution in [0.15, 0.2) is 24.3 Å². The van der Waals surface area contributed by atoms with Crippen molar-refractivity contribution < 1.29 is 4.74 Å². The van der Waals surface area contributed by atoms with Gasteiger partial charge in [0.15, 0.2) is 0 Å². The van der Waals surface area contributed by atoms with Crippen molar-refractivity contribution in [2.75, 3.05) is 33.3 Å². The Kier molecular flexibility index (Phi) is 3.52. The van der Waals surface area contributed by atoms with Crippen molar-refractivity contribution in [2.24, 2.45) is 5.92 Å². The Bertz CT molecular complexity index is 380. The Balaban J connectivity index is 1.79. The van der Waals surface area contributed by atoms with E-state index in [0.29, 0.717) is 6.04 Å². The fourth-order valence-electron chi connectivity index (χ4n) is 2.95. The van der Waals surface area contributed by atoms with E-state index in [0.717, 1.165) is 24.8 Å². The minimum atomic E-state index is 0.623. The summed E-state index contributed by atoms with van der Waals surface area (Å²) in [5.74, 6) is 1.82. The van der Waals surface area contributed by atoms with E-state index in [1.165, 1.54) is 31.5 Å². The maximum absolute atomic E-state index is 5.25. The van der Waals surface area contributed by atoms with Crippen LogP contribution in [0, 0.1) is 5.92 Å². The van der Waals surface area contributed by atoms with Gasteiger partial charge in [0.25, 0.3) is 0 Å². The molecule has 1 aliphatic heterocycles. The first-order valence-electron chi connectivity index (χ1n) is 6.97. The highest BCUT2D eigenvalue weighted by atomic mass is 16.5. The smallest absolute Gasteiger partial charge is 0.118 e. The SMILES string of the molecule is COc1ccc([C@H](C2CC2)N2CCNCC2)cc1. The van der Waals surface area contributed by atoms with Crippen LogP contribution < -0.4 is 10.1 Å². The highest BCUT2D eigenvalue weighted by molar-refractivity contribution is 5.30. The van der Waals surface area contributed by atoms with E-state index in [1.807, 2.05) is 0 Å². The summed E-state index contributed by atoms with van der Waals surface area (Å²) in [5.41, 5.74) is 1.46. The van der Waals surface area contributed by atoms with Gasteiger partial charge in [-0.05, 0) is 36.5 Å². The summed E-state index contributed by atoms with van der Waals surface area (Å²) in [6, 6.07) is 9.28. The van der Waals surface area contributed by atoms with Gasteiger partial charge < -0.3 is 10.1 Å². The molecule has 0 bridgehead atoms. The number of piperazine rings is 1. The van der Waals surface area contributed by atoms with E-state index in [1.54, 1.807) is 7.11 Å². The first-order valence-corrected chi connectivity index (χ1v) is 6.97. The van der Waals surface area contributed by atoms with Crippen LogP contribution in [0.25, 0.3) is 0 Å². The molecule has 1 atom stereocenters. The molecular weight excluding hydrogens is 224 g/mol. The predicted octanol–water partition coefficient (Wildman–Crippen LogP) is 2.05. The van der Waals surface area contributed by atoms with Gasteiger partial charge in [0.2, 0.25) is 0 Å². The van der Waals surface area contributed by atoms with Gasteiger partial charge in [-0.25, -0.2) is 0 Å². The third kappa shape index (κ3) is 2.52. The zero-order valence-corrected chi connectivity index (χ0v) is 11.1. The average Bonchev–Trinajstić information content (AvgIpc) is 3.26. The number of rotatable bonds is 4. The second-order valence-corrected chi connectivity index (χ2v) is 5.34. The van der Waals surface area contributed by atoms with Gasteiger partial charge in [-0.3, -0.25) is 4.90 Å². The molecule has 2 fully saturated rings. The molecule has 18 heavy (non-hydrogen) atoms. The van der Waals surface area contributed by atoms with Crippen molar-refractivity contribution in [3.05, 3.63) is 29.8 Å². The minimum absolute atomic E-state index is 0.623. The standard InChI is InChI=1S/C15H22N2O/c1-18-14-6-4-13(5-7-14)15(12-2-3-12)17-10-8-16-9-11-17/h4-7,12,15-16H,2-3,8-11H2,1H3/t15-/m0/s1. The molecule has 0 unspecified atom stereocenters. The molecule has 0 spiro atoms. The molecule has 3 rings (SSSR count). The summed E-state index contributed by atoms with van der Waals surface area (Å²) in [4.78, 5) is 2.65. The normalized spacial score (nSPS) is 22.7. The van der Waals surface area contributed by atoms with Crippen molar-refractivity contribution in [1.29, 1.82) is 0 Å². The molecule has 0 amide bonds. The molecule has 1 N–H and O–H groups in total. The molecule has 1 saturated carbocycles. The molecule has 3 heteroatoms. The minimum Gasteiger partial charge on any atom is -0.497 e. The molecule has 1 aromatic carbocycles. The van der Waals surface area contributed by atoms with Crippen LogP contribution in [0.3, 0.4) is 0 Å². The number of nitrogens with zero attached hydrogens (tertiary/aromatic N) is 1. The van der Waals surface area contributed by atoms with E-state index in [9.17, 15) is 0 Å². The van der Waals surface area contributed by atoms with Crippen LogP contribution >= 0.6 is 0 Å². The third-order valence-corrected chi connectivity index (χ3v) is 4.07. The van der Waals surface area contributed by atoms with Gasteiger partial charge in [0.05, 0.1) is 7.11 Å². The molecule has 0 radical (unpaired) electrons. The number of benzene rings is 1. The van der Waals surface area contributed by atoms with Crippen molar-refractivity contribution in [1.82, 2.24) is 10.2 Å². The van der Waals surface area contributed by atoms with E-state index in [-0.39, 0.29) is 0 Å². The maximum atomic E-state index is 5.25. The molecule has 1 aliphatic carbocycles. The Morgan fingerprint density at radius 3 is 2.39 bits per heavy atom. The third-order valence-electron chi connectivity index (χ3n) is 4.07. The summed E-state index contributed by atoms with van der Waals surface area (Å²) in [6.45, 7) is 4.60. The number of hydrogen-bond donors (Lipinski definition) is 1. The predicted molar refractivity (Wildman–Crippen MR) is 72.9 cm³/mol. The quantitative estimate of drug-likeness (QED) is 0.880. The van der Waals surface area contributed by atoms with Crippen LogP contribution in [0.1, 0.15) is 24.4 Å². The summed E-state index contributed by atoms with van der Waals surface area (Å²) in [7, 11) is 1.73. The fraction of sp³-hybridized carbons (Fsp3) is 0.600. The van der Waals surface area contributed by atoms with Crippen LogP contribution in [0.5, 0.6) is 5.75 Å². The Hall–Kier alpha value is -1.06. The molecule has 98 valence electrons. The molecule has 2 aliphatic rings. The average molecular weight is 246 g/mol. The van der Waals surface area contributed by atoms with Crippen LogP contribution in [-0.2, 0) is 0 Å². The number of hydrogen-bond acceptors (Lipinski definition) is 3. The van der Waals surface area contributed by atoms with Gasteiger partial charge in [-0.15, -0.1) is 0 Å². The largest absolute Gasteiger partial charge is 0.497 e. The highest BCUT2D eigenvalue weighted by Crippen LogP contribution is 2.44. The van der Waals surface area contributed by atoms with E-state index < -0.39 is 0 Å². The Labute approximate surface area is 109 Å². The summed E-state index contributed by atoms with van der Waals surface area (Å²) >= 11 is 0. The van der Waals surface area contributed by atoms with Gasteiger partial charge in [-0.2, -0.15) is 0 Å². The lowest BCUT2D eigenvalue weighted by Gasteiger charge is -2.35.